The molecule has 6 nitrogen and oxygen atoms in total. The van der Waals surface area contributed by atoms with Crippen LogP contribution in [0.25, 0.3) is 0 Å². The molecule has 0 aliphatic rings. The molecule has 110 valence electrons. The Kier molecular flexibility index (Phi) is 3.98. The van der Waals surface area contributed by atoms with E-state index in [4.69, 9.17) is 14.3 Å². The number of carboxylic acid groups (broad SMARTS) is 1. The van der Waals surface area contributed by atoms with Crippen molar-refractivity contribution in [3.8, 4) is 11.5 Å². The van der Waals surface area contributed by atoms with Crippen molar-refractivity contribution >= 4 is 11.8 Å². The number of hydrogen-bond donors (Lipinski definition) is 2. The van der Waals surface area contributed by atoms with Crippen molar-refractivity contribution in [2.45, 2.75) is 13.3 Å². The number of Topliss-reactive ketones (excluding diaryl/α,β-unsaturated/α-hetero) is 1. The first kappa shape index (κ1) is 14.6. The highest BCUT2D eigenvalue weighted by Gasteiger charge is 2.18. The molecule has 2 aromatic rings. The molecule has 2 N–H and O–H groups in total. The molecule has 1 aromatic heterocycles. The van der Waals surface area contributed by atoms with Gasteiger partial charge in [0.15, 0.2) is 5.78 Å². The predicted octanol–water partition coefficient (Wildman–Crippen LogP) is 2.43. The monoisotopic (exact) mass is 290 g/mol. The molecule has 21 heavy (non-hydrogen) atoms. The van der Waals surface area contributed by atoms with Crippen molar-refractivity contribution in [3.63, 3.8) is 0 Å². The molecule has 0 radical (unpaired) electrons. The van der Waals surface area contributed by atoms with E-state index in [1.54, 1.807) is 13.0 Å². The molecular weight excluding hydrogens is 276 g/mol. The first-order valence-corrected chi connectivity index (χ1v) is 6.15. The normalized spacial score (nSPS) is 10.4. The molecule has 0 atom stereocenters. The molecule has 1 heterocycles. The maximum absolute atomic E-state index is 12.2. The van der Waals surface area contributed by atoms with Gasteiger partial charge in [0.2, 0.25) is 5.76 Å². The van der Waals surface area contributed by atoms with E-state index in [-0.39, 0.29) is 35.0 Å². The standard InChI is InChI=1S/C15H14O6/c1-8-5-10(20-2)7-12(17)14(8)11(16)6-9-3-4-13(21-9)15(18)19/h3-5,7,17H,6H2,1-2H3,(H,18,19). The van der Waals surface area contributed by atoms with E-state index in [2.05, 4.69) is 0 Å². The summed E-state index contributed by atoms with van der Waals surface area (Å²) in [6.07, 6.45) is -0.131. The molecule has 2 rings (SSSR count). The summed E-state index contributed by atoms with van der Waals surface area (Å²) in [6, 6.07) is 5.70. The zero-order chi connectivity index (χ0) is 15.6. The second kappa shape index (κ2) is 5.70. The number of phenols is 1. The summed E-state index contributed by atoms with van der Waals surface area (Å²) in [5.41, 5.74) is 0.742. The van der Waals surface area contributed by atoms with E-state index in [1.807, 2.05) is 0 Å². The maximum Gasteiger partial charge on any atom is 0.371 e. The number of aromatic hydroxyl groups is 1. The van der Waals surface area contributed by atoms with Gasteiger partial charge in [-0.15, -0.1) is 0 Å². The molecule has 6 heteroatoms. The minimum absolute atomic E-state index is 0.131. The van der Waals surface area contributed by atoms with Crippen LogP contribution < -0.4 is 4.74 Å². The number of carbonyl (C=O) groups is 2. The number of phenolic OH excluding ortho intramolecular Hbond substituents is 1. The molecule has 1 aromatic carbocycles. The Morgan fingerprint density at radius 2 is 2.00 bits per heavy atom. The second-order valence-electron chi connectivity index (χ2n) is 4.51. The van der Waals surface area contributed by atoms with Crippen molar-refractivity contribution in [1.82, 2.24) is 0 Å². The van der Waals surface area contributed by atoms with Crippen LogP contribution in [0.5, 0.6) is 11.5 Å². The smallest absolute Gasteiger partial charge is 0.371 e. The molecule has 0 unspecified atom stereocenters. The Hall–Kier alpha value is -2.76. The largest absolute Gasteiger partial charge is 0.507 e. The van der Waals surface area contributed by atoms with Crippen LogP contribution in [0.3, 0.4) is 0 Å². The van der Waals surface area contributed by atoms with Gasteiger partial charge >= 0.3 is 5.97 Å². The summed E-state index contributed by atoms with van der Waals surface area (Å²) < 4.78 is 10.0. The van der Waals surface area contributed by atoms with Gasteiger partial charge in [-0.25, -0.2) is 4.79 Å². The van der Waals surface area contributed by atoms with Gasteiger partial charge in [0.25, 0.3) is 0 Å². The first-order chi connectivity index (χ1) is 9.92. The fourth-order valence-electron chi connectivity index (χ4n) is 2.05. The number of aromatic carboxylic acids is 1. The summed E-state index contributed by atoms with van der Waals surface area (Å²) in [5.74, 6) is -1.29. The topological polar surface area (TPSA) is 97.0 Å². The van der Waals surface area contributed by atoms with Crippen molar-refractivity contribution < 1.29 is 29.0 Å². The summed E-state index contributed by atoms with van der Waals surface area (Å²) >= 11 is 0. The van der Waals surface area contributed by atoms with Gasteiger partial charge in [-0.1, -0.05) is 0 Å². The molecule has 0 saturated heterocycles. The van der Waals surface area contributed by atoms with Gasteiger partial charge in [-0.2, -0.15) is 0 Å². The van der Waals surface area contributed by atoms with E-state index in [0.717, 1.165) is 0 Å². The van der Waals surface area contributed by atoms with E-state index >= 15 is 0 Å². The molecule has 0 spiro atoms. The third kappa shape index (κ3) is 3.05. The number of carboxylic acids is 1. The Bertz CT molecular complexity index is 675. The van der Waals surface area contributed by atoms with Gasteiger partial charge in [0, 0.05) is 6.07 Å². The molecule has 0 aliphatic carbocycles. The van der Waals surface area contributed by atoms with Gasteiger partial charge in [0.1, 0.15) is 17.3 Å². The Morgan fingerprint density at radius 3 is 2.52 bits per heavy atom. The van der Waals surface area contributed by atoms with Crippen LogP contribution in [0, 0.1) is 6.92 Å². The number of ether oxygens (including phenoxy) is 1. The van der Waals surface area contributed by atoms with Gasteiger partial charge in [0.05, 0.1) is 19.1 Å². The highest BCUT2D eigenvalue weighted by molar-refractivity contribution is 6.01. The fraction of sp³-hybridized carbons (Fsp3) is 0.200. The van der Waals surface area contributed by atoms with Crippen LogP contribution in [0.15, 0.2) is 28.7 Å². The molecule has 0 amide bonds. The number of ketones is 1. The van der Waals surface area contributed by atoms with E-state index < -0.39 is 5.97 Å². The minimum Gasteiger partial charge on any atom is -0.507 e. The zero-order valence-corrected chi connectivity index (χ0v) is 11.5. The average Bonchev–Trinajstić information content (AvgIpc) is 2.86. The lowest BCUT2D eigenvalue weighted by Crippen LogP contribution is -2.06. The number of furan rings is 1. The summed E-state index contributed by atoms with van der Waals surface area (Å²) in [4.78, 5) is 22.9. The lowest BCUT2D eigenvalue weighted by molar-refractivity contribution is 0.0658. The highest BCUT2D eigenvalue weighted by Crippen LogP contribution is 2.28. The predicted molar refractivity (Wildman–Crippen MR) is 73.1 cm³/mol. The van der Waals surface area contributed by atoms with Crippen molar-refractivity contribution in [1.29, 1.82) is 0 Å². The average molecular weight is 290 g/mol. The second-order valence-corrected chi connectivity index (χ2v) is 4.51. The lowest BCUT2D eigenvalue weighted by Gasteiger charge is -2.09. The summed E-state index contributed by atoms with van der Waals surface area (Å²) in [5, 5.41) is 18.7. The molecule has 0 aliphatic heterocycles. The quantitative estimate of drug-likeness (QED) is 0.821. The van der Waals surface area contributed by atoms with Crippen molar-refractivity contribution in [2.75, 3.05) is 7.11 Å². The van der Waals surface area contributed by atoms with Crippen LogP contribution in [0.2, 0.25) is 0 Å². The van der Waals surface area contributed by atoms with E-state index in [9.17, 15) is 14.7 Å². The van der Waals surface area contributed by atoms with Crippen LogP contribution in [-0.2, 0) is 6.42 Å². The number of aryl methyl sites for hydroxylation is 1. The van der Waals surface area contributed by atoms with Crippen molar-refractivity contribution in [2.24, 2.45) is 0 Å². The Balaban J connectivity index is 2.26. The number of carbonyl (C=O) groups excluding carboxylic acids is 1. The third-order valence-electron chi connectivity index (χ3n) is 3.01. The maximum atomic E-state index is 12.2. The van der Waals surface area contributed by atoms with Gasteiger partial charge < -0.3 is 19.4 Å². The first-order valence-electron chi connectivity index (χ1n) is 6.15. The zero-order valence-electron chi connectivity index (χ0n) is 11.5. The number of hydrogen-bond acceptors (Lipinski definition) is 5. The minimum atomic E-state index is -1.20. The third-order valence-corrected chi connectivity index (χ3v) is 3.01. The molecule has 0 fully saturated rings. The number of rotatable bonds is 5. The van der Waals surface area contributed by atoms with Crippen LogP contribution in [0.4, 0.5) is 0 Å². The van der Waals surface area contributed by atoms with E-state index in [0.29, 0.717) is 11.3 Å². The summed E-state index contributed by atoms with van der Waals surface area (Å²) in [6.45, 7) is 1.68. The molecular formula is C15H14O6. The fourth-order valence-corrected chi connectivity index (χ4v) is 2.05. The van der Waals surface area contributed by atoms with E-state index in [1.165, 1.54) is 25.3 Å². The van der Waals surface area contributed by atoms with Gasteiger partial charge in [-0.3, -0.25) is 4.79 Å². The summed E-state index contributed by atoms with van der Waals surface area (Å²) in [7, 11) is 1.46. The van der Waals surface area contributed by atoms with Crippen LogP contribution >= 0.6 is 0 Å². The molecule has 0 saturated carbocycles. The lowest BCUT2D eigenvalue weighted by atomic mass is 10.0. The number of methoxy groups -OCH3 is 1. The highest BCUT2D eigenvalue weighted by atomic mass is 16.5. The van der Waals surface area contributed by atoms with Crippen LogP contribution in [0.1, 0.15) is 32.2 Å². The van der Waals surface area contributed by atoms with Crippen molar-refractivity contribution in [3.05, 3.63) is 46.9 Å². The molecule has 0 bridgehead atoms. The Morgan fingerprint density at radius 1 is 1.29 bits per heavy atom. The van der Waals surface area contributed by atoms with Crippen LogP contribution in [-0.4, -0.2) is 29.1 Å². The van der Waals surface area contributed by atoms with Gasteiger partial charge in [-0.05, 0) is 30.7 Å². The Labute approximate surface area is 120 Å². The number of benzene rings is 1. The SMILES string of the molecule is COc1cc(C)c(C(=O)Cc2ccc(C(=O)O)o2)c(O)c1.